The third-order valence-electron chi connectivity index (χ3n) is 19.3. The minimum atomic E-state index is -4.03. The summed E-state index contributed by atoms with van der Waals surface area (Å²) in [6.45, 7) is 11.2. The number of hydrogen-bond donors (Lipinski definition) is 2. The third kappa shape index (κ3) is 12.0. The second kappa shape index (κ2) is 24.1. The monoisotopic (exact) mass is 1270 g/mol. The van der Waals surface area contributed by atoms with Gasteiger partial charge in [0, 0.05) is 22.6 Å². The maximum absolute atomic E-state index is 15.0. The minimum absolute atomic E-state index is 0.00856. The topological polar surface area (TPSA) is 247 Å². The van der Waals surface area contributed by atoms with Gasteiger partial charge in [-0.1, -0.05) is 35.4 Å². The van der Waals surface area contributed by atoms with E-state index < -0.39 is 85.4 Å². The zero-order valence-electron chi connectivity index (χ0n) is 49.2. The van der Waals surface area contributed by atoms with Crippen molar-refractivity contribution in [3.8, 4) is 0 Å². The number of carboxylic acid groups (broad SMARTS) is 2. The Balaban J connectivity index is 0.000000144. The number of hydrogen-bond acceptors (Lipinski definition) is 14. The van der Waals surface area contributed by atoms with Crippen LogP contribution in [0.4, 0.5) is 23.4 Å². The minimum Gasteiger partial charge on any atom is -0.481 e. The molecule has 7 aromatic rings. The van der Waals surface area contributed by atoms with Crippen molar-refractivity contribution in [2.24, 2.45) is 47.3 Å². The summed E-state index contributed by atoms with van der Waals surface area (Å²) in [5.41, 5.74) is 1.78. The number of benzene rings is 2. The predicted octanol–water partition coefficient (Wildman–Crippen LogP) is 10.4. The predicted molar refractivity (Wildman–Crippen MR) is 317 cm³/mol. The molecule has 6 aliphatic carbocycles. The molecule has 0 radical (unpaired) electrons. The zero-order chi connectivity index (χ0) is 62.9. The summed E-state index contributed by atoms with van der Waals surface area (Å²) in [6.07, 6.45) is 13.6. The van der Waals surface area contributed by atoms with E-state index in [1.807, 2.05) is 41.5 Å². The van der Waals surface area contributed by atoms with E-state index in [4.69, 9.17) is 20.9 Å². The van der Waals surface area contributed by atoms with Crippen molar-refractivity contribution in [3.05, 3.63) is 154 Å². The lowest BCUT2D eigenvalue weighted by molar-refractivity contribution is -0.153. The van der Waals surface area contributed by atoms with Crippen molar-refractivity contribution in [1.82, 2.24) is 33.9 Å². The quantitative estimate of drug-likeness (QED) is 0.0656. The maximum atomic E-state index is 15.0. The SMILES string of the molecule is Cc1ccc(S(=O)(=O)N2CC(c3ncc(F)c(C[C@H]4C5CCC(CC5)[C@@H]4C(=O)O)n3)c3cc(F)cnc32)cc1.Cc1ccc(S(=O)(=O)n2cc(B3OC(C)(C)C(C)(C)O3)c3cc(F)cnc32)cc1.O=C(O)[C@H]1C2CCC(CC2)[C@@H]1Cc1nc(Cl)ncc1F. The molecule has 15 rings (SSSR count). The fourth-order valence-electron chi connectivity index (χ4n) is 14.0. The largest absolute Gasteiger partial charge is 0.497 e. The zero-order valence-corrected chi connectivity index (χ0v) is 51.5. The van der Waals surface area contributed by atoms with Crippen molar-refractivity contribution >= 4 is 73.0 Å². The van der Waals surface area contributed by atoms with Crippen molar-refractivity contribution in [3.63, 3.8) is 0 Å². The van der Waals surface area contributed by atoms with Crippen LogP contribution in [0.15, 0.2) is 101 Å². The Morgan fingerprint density at radius 3 is 1.62 bits per heavy atom. The van der Waals surface area contributed by atoms with Gasteiger partial charge in [-0.05, 0) is 189 Å². The van der Waals surface area contributed by atoms with Gasteiger partial charge in [-0.25, -0.2) is 72.6 Å². The number of aromatic nitrogens is 7. The highest BCUT2D eigenvalue weighted by atomic mass is 35.5. The molecule has 2 aliphatic heterocycles. The number of aryl methyl sites for hydroxylation is 2. The molecule has 6 saturated carbocycles. The fraction of sp³-hybridized carbons (Fsp3) is 0.452. The number of carboxylic acids is 2. The highest BCUT2D eigenvalue weighted by Gasteiger charge is 2.53. The van der Waals surface area contributed by atoms with Crippen LogP contribution in [0.1, 0.15) is 119 Å². The smallest absolute Gasteiger partial charge is 0.481 e. The van der Waals surface area contributed by atoms with Gasteiger partial charge in [-0.15, -0.1) is 0 Å². The molecule has 5 atom stereocenters. The Hall–Kier alpha value is -6.93. The molecule has 1 unspecified atom stereocenters. The molecule has 2 N–H and O–H groups in total. The Labute approximate surface area is 512 Å². The van der Waals surface area contributed by atoms with E-state index in [2.05, 4.69) is 29.9 Å². The van der Waals surface area contributed by atoms with Crippen LogP contribution in [0.5, 0.6) is 0 Å². The standard InChI is InChI=1S/C28H28F2N4O4S.C20H22BFN2O4S.C14H16ClFN2O2/c1-15-2-8-19(9-3-15)39(37,38)34-14-22(21-10-18(29)12-32-27(21)34)26-31-13-23(30)24(33-26)11-20-16-4-6-17(7-5-16)25(20)28(35)36;1-13-6-8-15(9-7-13)29(25,26)24-12-17(16-10-14(22)11-23-18(16)24)21-27-19(2,3)20(4,5)28-21;15-14-17-6-10(16)11(18-14)5-9-7-1-3-8(4-2-7)12(9)13(19)20/h2-3,8-10,12-13,16-17,20,22,25H,4-7,11,14H2,1H3,(H,35,36);6-12H,1-5H3;6-9,12H,1-5H2,(H,19,20)/t16?,17?,20-,22?,25-;;7?,8?,9-,12-/m0.0/s1. The van der Waals surface area contributed by atoms with Gasteiger partial charge < -0.3 is 19.5 Å². The number of carbonyl (C=O) groups is 2. The molecule has 4 bridgehead atoms. The molecule has 0 amide bonds. The van der Waals surface area contributed by atoms with E-state index in [1.54, 1.807) is 24.3 Å². The lowest BCUT2D eigenvalue weighted by Crippen LogP contribution is -2.45. The van der Waals surface area contributed by atoms with Gasteiger partial charge in [0.15, 0.2) is 17.3 Å². The molecule has 18 nitrogen and oxygen atoms in total. The molecule has 5 aromatic heterocycles. The van der Waals surface area contributed by atoms with Crippen LogP contribution in [0.2, 0.25) is 5.28 Å². The first-order chi connectivity index (χ1) is 41.6. The number of rotatable bonds is 12. The summed E-state index contributed by atoms with van der Waals surface area (Å²) in [5, 5.41) is 19.7. The van der Waals surface area contributed by atoms with Crippen LogP contribution in [0, 0.1) is 84.5 Å². The number of anilines is 1. The lowest BCUT2D eigenvalue weighted by Gasteiger charge is -2.46. The normalized spacial score (nSPS) is 25.0. The molecule has 7 heterocycles. The second-order valence-electron chi connectivity index (χ2n) is 25.0. The molecule has 7 fully saturated rings. The summed E-state index contributed by atoms with van der Waals surface area (Å²) < 4.78 is 125. The molecule has 464 valence electrons. The molecular formula is C62H66BClF4N8O10S2. The number of nitrogens with zero attached hydrogens (tertiary/aromatic N) is 8. The van der Waals surface area contributed by atoms with Crippen molar-refractivity contribution in [2.75, 3.05) is 10.8 Å². The van der Waals surface area contributed by atoms with Gasteiger partial charge in [-0.2, -0.15) is 0 Å². The first-order valence-electron chi connectivity index (χ1n) is 29.3. The molecule has 2 aromatic carbocycles. The van der Waals surface area contributed by atoms with Crippen LogP contribution in [-0.2, 0) is 51.8 Å². The van der Waals surface area contributed by atoms with E-state index in [9.17, 15) is 49.8 Å². The molecule has 26 heteroatoms. The van der Waals surface area contributed by atoms with E-state index in [1.165, 1.54) is 42.6 Å². The number of fused-ring (bicyclic) bond motifs is 8. The van der Waals surface area contributed by atoms with E-state index in [0.29, 0.717) is 28.8 Å². The average Bonchev–Trinajstić information content (AvgIpc) is 4.35. The van der Waals surface area contributed by atoms with Gasteiger partial charge in [0.05, 0.1) is 81.5 Å². The van der Waals surface area contributed by atoms with Gasteiger partial charge in [0.2, 0.25) is 5.28 Å². The molecule has 0 spiro atoms. The summed E-state index contributed by atoms with van der Waals surface area (Å²) in [6, 6.07) is 15.4. The Morgan fingerprint density at radius 2 is 1.10 bits per heavy atom. The van der Waals surface area contributed by atoms with Gasteiger partial charge >= 0.3 is 19.1 Å². The molecule has 1 saturated heterocycles. The van der Waals surface area contributed by atoms with E-state index >= 15 is 4.39 Å². The number of aliphatic carboxylic acids is 2. The van der Waals surface area contributed by atoms with Crippen LogP contribution in [0.25, 0.3) is 11.0 Å². The summed E-state index contributed by atoms with van der Waals surface area (Å²) in [4.78, 5) is 48.2. The number of sulfonamides is 1. The van der Waals surface area contributed by atoms with Crippen LogP contribution < -0.4 is 9.77 Å². The highest BCUT2D eigenvalue weighted by molar-refractivity contribution is 7.92. The Kier molecular flexibility index (Phi) is 17.2. The van der Waals surface area contributed by atoms with Crippen LogP contribution in [0.3, 0.4) is 0 Å². The molecule has 88 heavy (non-hydrogen) atoms. The number of pyridine rings is 2. The van der Waals surface area contributed by atoms with Gasteiger partial charge in [0.1, 0.15) is 23.3 Å². The van der Waals surface area contributed by atoms with E-state index in [0.717, 1.165) is 95.6 Å². The fourth-order valence-corrected chi connectivity index (χ4v) is 16.9. The number of halogens is 5. The maximum Gasteiger partial charge on any atom is 0.497 e. The van der Waals surface area contributed by atoms with Gasteiger partial charge in [-0.3, -0.25) is 9.59 Å². The Morgan fingerprint density at radius 1 is 0.636 bits per heavy atom. The van der Waals surface area contributed by atoms with Crippen molar-refractivity contribution in [1.29, 1.82) is 0 Å². The van der Waals surface area contributed by atoms with E-state index in [-0.39, 0.29) is 92.2 Å². The molecule has 8 aliphatic rings. The Bertz CT molecular complexity index is 4040. The highest BCUT2D eigenvalue weighted by Crippen LogP contribution is 2.52. The van der Waals surface area contributed by atoms with Crippen LogP contribution >= 0.6 is 11.6 Å². The second-order valence-corrected chi connectivity index (χ2v) is 29.1. The average molecular weight is 1270 g/mol. The lowest BCUT2D eigenvalue weighted by atomic mass is 9.57. The summed E-state index contributed by atoms with van der Waals surface area (Å²) >= 11 is 5.71. The first-order valence-corrected chi connectivity index (χ1v) is 32.6. The summed E-state index contributed by atoms with van der Waals surface area (Å²) in [5.74, 6) is -4.86. The third-order valence-corrected chi connectivity index (χ3v) is 22.9. The van der Waals surface area contributed by atoms with Gasteiger partial charge in [0.25, 0.3) is 20.0 Å². The summed E-state index contributed by atoms with van der Waals surface area (Å²) in [7, 11) is -8.82. The first kappa shape index (κ1) is 62.7. The molecular weight excluding hydrogens is 1200 g/mol. The van der Waals surface area contributed by atoms with Crippen LogP contribution in [-0.4, -0.2) is 97.7 Å². The van der Waals surface area contributed by atoms with Crippen molar-refractivity contribution < 1.29 is 63.5 Å². The van der Waals surface area contributed by atoms with Crippen molar-refractivity contribution in [2.45, 2.75) is 133 Å².